The summed E-state index contributed by atoms with van der Waals surface area (Å²) in [4.78, 5) is 30.2. The molecule has 0 aromatic heterocycles. The lowest BCUT2D eigenvalue weighted by atomic mass is 10.1. The van der Waals surface area contributed by atoms with E-state index in [4.69, 9.17) is 0 Å². The molecule has 1 aliphatic heterocycles. The molecule has 2 aromatic carbocycles. The number of nitrogens with one attached hydrogen (secondary N) is 1. The number of nitrogens with zero attached hydrogens (tertiary/aromatic N) is 2. The lowest BCUT2D eigenvalue weighted by Crippen LogP contribution is -2.55. The standard InChI is InChI=1S/C23H28BrN3O2S/c1-17-7-3-6-10-21(17)26-12-14-27(15-13-26)23(29)20(11-16-30-2)25-22(28)18-8-4-5-9-19(18)24/h3-10,20H,11-16H2,1-2H3,(H,25,28). The van der Waals surface area contributed by atoms with Gasteiger partial charge in [-0.15, -0.1) is 0 Å². The summed E-state index contributed by atoms with van der Waals surface area (Å²) in [5, 5.41) is 2.97. The number of rotatable bonds is 7. The van der Waals surface area contributed by atoms with Crippen LogP contribution in [-0.4, -0.2) is 60.9 Å². The number of aryl methyl sites for hydroxylation is 1. The summed E-state index contributed by atoms with van der Waals surface area (Å²) in [5.41, 5.74) is 3.02. The van der Waals surface area contributed by atoms with Crippen LogP contribution in [0, 0.1) is 6.92 Å². The highest BCUT2D eigenvalue weighted by Crippen LogP contribution is 2.21. The van der Waals surface area contributed by atoms with Crippen molar-refractivity contribution >= 4 is 45.2 Å². The zero-order chi connectivity index (χ0) is 21.5. The molecule has 2 amide bonds. The molecule has 0 spiro atoms. The van der Waals surface area contributed by atoms with E-state index in [1.807, 2.05) is 35.4 Å². The van der Waals surface area contributed by atoms with Gasteiger partial charge in [0.2, 0.25) is 5.91 Å². The Labute approximate surface area is 191 Å². The lowest BCUT2D eigenvalue weighted by molar-refractivity contribution is -0.133. The van der Waals surface area contributed by atoms with E-state index in [0.29, 0.717) is 25.1 Å². The Balaban J connectivity index is 1.65. The number of piperazine rings is 1. The molecule has 3 rings (SSSR count). The predicted octanol–water partition coefficient (Wildman–Crippen LogP) is 3.96. The Kier molecular flexibility index (Phi) is 8.22. The van der Waals surface area contributed by atoms with Crippen LogP contribution in [-0.2, 0) is 4.79 Å². The van der Waals surface area contributed by atoms with Crippen LogP contribution in [0.5, 0.6) is 0 Å². The molecule has 1 fully saturated rings. The van der Waals surface area contributed by atoms with E-state index in [1.54, 1.807) is 17.8 Å². The summed E-state index contributed by atoms with van der Waals surface area (Å²) in [6, 6.07) is 15.1. The van der Waals surface area contributed by atoms with Gasteiger partial charge in [-0.1, -0.05) is 30.3 Å². The summed E-state index contributed by atoms with van der Waals surface area (Å²) in [6.07, 6.45) is 2.63. The molecule has 30 heavy (non-hydrogen) atoms. The van der Waals surface area contributed by atoms with Crippen molar-refractivity contribution in [1.82, 2.24) is 10.2 Å². The highest BCUT2D eigenvalue weighted by molar-refractivity contribution is 9.10. The van der Waals surface area contributed by atoms with Gasteiger partial charge in [0.15, 0.2) is 0 Å². The van der Waals surface area contributed by atoms with Crippen LogP contribution < -0.4 is 10.2 Å². The number of hydrogen-bond acceptors (Lipinski definition) is 4. The highest BCUT2D eigenvalue weighted by atomic mass is 79.9. The van der Waals surface area contributed by atoms with Crippen LogP contribution >= 0.6 is 27.7 Å². The van der Waals surface area contributed by atoms with Gasteiger partial charge >= 0.3 is 0 Å². The normalized spacial score (nSPS) is 15.0. The molecule has 7 heteroatoms. The summed E-state index contributed by atoms with van der Waals surface area (Å²) in [6.45, 7) is 5.03. The van der Waals surface area contributed by atoms with E-state index in [2.05, 4.69) is 51.3 Å². The molecule has 1 unspecified atom stereocenters. The van der Waals surface area contributed by atoms with Gasteiger partial charge < -0.3 is 15.1 Å². The third-order valence-corrected chi connectivity index (χ3v) is 6.72. The zero-order valence-corrected chi connectivity index (χ0v) is 19.8. The molecule has 1 heterocycles. The SMILES string of the molecule is CSCCC(NC(=O)c1ccccc1Br)C(=O)N1CCN(c2ccccc2C)CC1. The predicted molar refractivity (Wildman–Crippen MR) is 128 cm³/mol. The fraction of sp³-hybridized carbons (Fsp3) is 0.391. The van der Waals surface area contributed by atoms with Crippen molar-refractivity contribution in [3.8, 4) is 0 Å². The summed E-state index contributed by atoms with van der Waals surface area (Å²) < 4.78 is 0.727. The maximum absolute atomic E-state index is 13.2. The monoisotopic (exact) mass is 489 g/mol. The molecule has 1 saturated heterocycles. The van der Waals surface area contributed by atoms with Gasteiger partial charge in [-0.05, 0) is 65.0 Å². The Morgan fingerprint density at radius 3 is 2.40 bits per heavy atom. The van der Waals surface area contributed by atoms with E-state index >= 15 is 0 Å². The molecule has 1 atom stereocenters. The first-order valence-electron chi connectivity index (χ1n) is 10.1. The first kappa shape index (κ1) is 22.7. The topological polar surface area (TPSA) is 52.7 Å². The molecule has 1 N–H and O–H groups in total. The fourth-order valence-electron chi connectivity index (χ4n) is 3.68. The molecular weight excluding hydrogens is 462 g/mol. The molecule has 0 aliphatic carbocycles. The van der Waals surface area contributed by atoms with E-state index in [0.717, 1.165) is 23.3 Å². The minimum atomic E-state index is -0.512. The lowest BCUT2D eigenvalue weighted by Gasteiger charge is -2.38. The molecule has 2 aromatic rings. The minimum Gasteiger partial charge on any atom is -0.368 e. The van der Waals surface area contributed by atoms with Gasteiger partial charge in [-0.2, -0.15) is 11.8 Å². The van der Waals surface area contributed by atoms with Crippen LogP contribution in [0.3, 0.4) is 0 Å². The average molecular weight is 490 g/mol. The smallest absolute Gasteiger partial charge is 0.253 e. The number of amides is 2. The maximum atomic E-state index is 13.2. The van der Waals surface area contributed by atoms with Crippen LogP contribution in [0.1, 0.15) is 22.3 Å². The Morgan fingerprint density at radius 2 is 1.73 bits per heavy atom. The number of hydrogen-bond donors (Lipinski definition) is 1. The average Bonchev–Trinajstić information content (AvgIpc) is 2.77. The van der Waals surface area contributed by atoms with Crippen molar-refractivity contribution in [3.05, 3.63) is 64.1 Å². The molecule has 0 bridgehead atoms. The van der Waals surface area contributed by atoms with E-state index in [1.165, 1.54) is 11.3 Å². The first-order valence-corrected chi connectivity index (χ1v) is 12.3. The summed E-state index contributed by atoms with van der Waals surface area (Å²) >= 11 is 5.10. The second kappa shape index (κ2) is 10.9. The van der Waals surface area contributed by atoms with Crippen molar-refractivity contribution in [2.75, 3.05) is 43.1 Å². The largest absolute Gasteiger partial charge is 0.368 e. The Bertz CT molecular complexity index is 884. The van der Waals surface area contributed by atoms with Gasteiger partial charge in [0.1, 0.15) is 6.04 Å². The van der Waals surface area contributed by atoms with Gasteiger partial charge in [-0.3, -0.25) is 9.59 Å². The minimum absolute atomic E-state index is 0.00823. The second-order valence-corrected chi connectivity index (χ2v) is 9.23. The molecule has 0 saturated carbocycles. The number of carbonyl (C=O) groups excluding carboxylic acids is 2. The van der Waals surface area contributed by atoms with Crippen LogP contribution in [0.2, 0.25) is 0 Å². The number of para-hydroxylation sites is 1. The number of carbonyl (C=O) groups is 2. The van der Waals surface area contributed by atoms with Crippen LogP contribution in [0.15, 0.2) is 53.0 Å². The summed E-state index contributed by atoms with van der Waals surface area (Å²) in [7, 11) is 0. The van der Waals surface area contributed by atoms with Crippen molar-refractivity contribution in [3.63, 3.8) is 0 Å². The first-order chi connectivity index (χ1) is 14.5. The summed E-state index contributed by atoms with van der Waals surface area (Å²) in [5.74, 6) is 0.602. The van der Waals surface area contributed by atoms with Gasteiger partial charge in [0.05, 0.1) is 5.56 Å². The molecule has 0 radical (unpaired) electrons. The molecule has 1 aliphatic rings. The third kappa shape index (κ3) is 5.58. The van der Waals surface area contributed by atoms with E-state index < -0.39 is 6.04 Å². The Morgan fingerprint density at radius 1 is 1.07 bits per heavy atom. The maximum Gasteiger partial charge on any atom is 0.253 e. The zero-order valence-electron chi connectivity index (χ0n) is 17.4. The Hall–Kier alpha value is -1.99. The third-order valence-electron chi connectivity index (χ3n) is 5.38. The van der Waals surface area contributed by atoms with E-state index in [9.17, 15) is 9.59 Å². The van der Waals surface area contributed by atoms with Gasteiger partial charge in [0.25, 0.3) is 5.91 Å². The quantitative estimate of drug-likeness (QED) is 0.639. The van der Waals surface area contributed by atoms with Crippen LogP contribution in [0.25, 0.3) is 0 Å². The van der Waals surface area contributed by atoms with Crippen LogP contribution in [0.4, 0.5) is 5.69 Å². The van der Waals surface area contributed by atoms with E-state index in [-0.39, 0.29) is 11.8 Å². The number of halogens is 1. The molecular formula is C23H28BrN3O2S. The number of benzene rings is 2. The highest BCUT2D eigenvalue weighted by Gasteiger charge is 2.29. The second-order valence-electron chi connectivity index (χ2n) is 7.39. The van der Waals surface area contributed by atoms with Gasteiger partial charge in [0, 0.05) is 36.3 Å². The van der Waals surface area contributed by atoms with Crippen molar-refractivity contribution < 1.29 is 9.59 Å². The number of anilines is 1. The van der Waals surface area contributed by atoms with Crippen molar-refractivity contribution in [1.29, 1.82) is 0 Å². The molecule has 160 valence electrons. The number of thioether (sulfide) groups is 1. The fourth-order valence-corrected chi connectivity index (χ4v) is 4.62. The molecule has 5 nitrogen and oxygen atoms in total. The van der Waals surface area contributed by atoms with Crippen molar-refractivity contribution in [2.24, 2.45) is 0 Å². The van der Waals surface area contributed by atoms with Crippen molar-refractivity contribution in [2.45, 2.75) is 19.4 Å². The van der Waals surface area contributed by atoms with Gasteiger partial charge in [-0.25, -0.2) is 0 Å².